The van der Waals surface area contributed by atoms with E-state index < -0.39 is 0 Å². The van der Waals surface area contributed by atoms with Gasteiger partial charge in [0.15, 0.2) is 0 Å². The highest BCUT2D eigenvalue weighted by Crippen LogP contribution is 2.28. The molecule has 4 aromatic rings. The summed E-state index contributed by atoms with van der Waals surface area (Å²) in [4.78, 5) is 31.7. The number of nitrogens with zero attached hydrogens (tertiary/aromatic N) is 4. The van der Waals surface area contributed by atoms with Crippen molar-refractivity contribution in [3.05, 3.63) is 107 Å². The maximum absolute atomic E-state index is 13.3. The summed E-state index contributed by atoms with van der Waals surface area (Å²) in [5.74, 6) is -0.263. The fraction of sp³-hybridized carbons (Fsp3) is 0.0417. The van der Waals surface area contributed by atoms with Crippen LogP contribution in [0, 0.1) is 11.3 Å². The van der Waals surface area contributed by atoms with Crippen LogP contribution in [0.1, 0.15) is 31.8 Å². The largest absolute Gasteiger partial charge is 0.281 e. The molecule has 156 valence electrons. The second-order valence-corrected chi connectivity index (χ2v) is 8.31. The fourth-order valence-electron chi connectivity index (χ4n) is 2.97. The lowest BCUT2D eigenvalue weighted by Crippen LogP contribution is -2.30. The maximum Gasteiger partial charge on any atom is 0.260 e. The molecule has 1 heterocycles. The van der Waals surface area contributed by atoms with Crippen LogP contribution < -0.4 is 4.90 Å². The number of anilines is 1. The average Bonchev–Trinajstić information content (AvgIpc) is 3.31. The van der Waals surface area contributed by atoms with Crippen molar-refractivity contribution in [1.82, 2.24) is 9.36 Å². The van der Waals surface area contributed by atoms with Gasteiger partial charge in [0.25, 0.3) is 5.91 Å². The van der Waals surface area contributed by atoms with Crippen LogP contribution in [-0.4, -0.2) is 20.4 Å². The van der Waals surface area contributed by atoms with Crippen LogP contribution in [0.15, 0.2) is 90.1 Å². The van der Waals surface area contributed by atoms with Crippen LogP contribution in [0.25, 0.3) is 0 Å². The number of carbonyl (C=O) groups is 2. The van der Waals surface area contributed by atoms with Gasteiger partial charge < -0.3 is 0 Å². The van der Waals surface area contributed by atoms with Crippen molar-refractivity contribution in [1.29, 1.82) is 5.26 Å². The van der Waals surface area contributed by atoms with Crippen molar-refractivity contribution in [2.45, 2.75) is 11.7 Å². The predicted octanol–water partition coefficient (Wildman–Crippen LogP) is 5.19. The van der Waals surface area contributed by atoms with Crippen LogP contribution in [0.5, 0.6) is 0 Å². The molecule has 0 atom stereocenters. The molecule has 0 radical (unpaired) electrons. The highest BCUT2D eigenvalue weighted by atomic mass is 32.2. The van der Waals surface area contributed by atoms with E-state index in [1.165, 1.54) is 4.90 Å². The lowest BCUT2D eigenvalue weighted by molar-refractivity contribution is 0.0984. The van der Waals surface area contributed by atoms with Gasteiger partial charge in [-0.1, -0.05) is 66.7 Å². The third-order valence-corrected chi connectivity index (χ3v) is 6.19. The first-order valence-corrected chi connectivity index (χ1v) is 11.2. The van der Waals surface area contributed by atoms with Crippen molar-refractivity contribution in [3.63, 3.8) is 0 Å². The lowest BCUT2D eigenvalue weighted by atomic mass is 10.1. The molecule has 1 aromatic heterocycles. The summed E-state index contributed by atoms with van der Waals surface area (Å²) >= 11 is 1.95. The molecule has 8 heteroatoms. The molecule has 1 amide bonds. The minimum absolute atomic E-state index is 0.156. The summed E-state index contributed by atoms with van der Waals surface area (Å²) < 4.78 is 4.28. The Morgan fingerprint density at radius 2 is 1.53 bits per heavy atom. The molecule has 0 N–H and O–H groups in total. The summed E-state index contributed by atoms with van der Waals surface area (Å²) in [5.41, 5.74) is 2.22. The molecule has 0 bridgehead atoms. The van der Waals surface area contributed by atoms with Gasteiger partial charge in [0, 0.05) is 22.7 Å². The van der Waals surface area contributed by atoms with Crippen LogP contribution in [0.3, 0.4) is 0 Å². The molecule has 0 unspecified atom stereocenters. The number of carbonyl (C=O) groups excluding carboxylic acids is 2. The van der Waals surface area contributed by atoms with Gasteiger partial charge in [-0.3, -0.25) is 14.5 Å². The molecule has 0 aliphatic carbocycles. The number of hydrogen-bond donors (Lipinski definition) is 0. The van der Waals surface area contributed by atoms with Gasteiger partial charge in [0.1, 0.15) is 0 Å². The van der Waals surface area contributed by atoms with E-state index in [9.17, 15) is 14.9 Å². The van der Waals surface area contributed by atoms with E-state index in [-0.39, 0.29) is 22.7 Å². The van der Waals surface area contributed by atoms with Crippen molar-refractivity contribution >= 4 is 39.4 Å². The number of thioether (sulfide) groups is 1. The second-order valence-electron chi connectivity index (χ2n) is 6.64. The smallest absolute Gasteiger partial charge is 0.260 e. The molecule has 6 nitrogen and oxygen atoms in total. The molecule has 3 aromatic carbocycles. The number of amides is 1. The quantitative estimate of drug-likeness (QED) is 0.371. The zero-order valence-electron chi connectivity index (χ0n) is 16.7. The number of benzene rings is 3. The van der Waals surface area contributed by atoms with Crippen molar-refractivity contribution in [3.8, 4) is 6.07 Å². The molecule has 0 saturated carbocycles. The standard InChI is InChI=1S/C24H16N4O2S2/c25-15-19-13-7-8-14-20(19)16-28(21(29)17-9-3-1-4-10-17)24-26-23(27-32-24)31-22(30)18-11-5-2-6-12-18/h1-14H,16H2. The van der Waals surface area contributed by atoms with Crippen LogP contribution in [-0.2, 0) is 6.54 Å². The Morgan fingerprint density at radius 1 is 0.906 bits per heavy atom. The first-order valence-electron chi connectivity index (χ1n) is 9.61. The van der Waals surface area contributed by atoms with E-state index in [0.29, 0.717) is 27.4 Å². The minimum Gasteiger partial charge on any atom is -0.281 e. The summed E-state index contributed by atoms with van der Waals surface area (Å²) in [6.07, 6.45) is 0. The van der Waals surface area contributed by atoms with Gasteiger partial charge in [0.05, 0.1) is 18.2 Å². The molecule has 0 saturated heterocycles. The number of nitriles is 1. The van der Waals surface area contributed by atoms with Crippen LogP contribution in [0.4, 0.5) is 5.13 Å². The molecule has 32 heavy (non-hydrogen) atoms. The Hall–Kier alpha value is -3.80. The van der Waals surface area contributed by atoms with E-state index in [0.717, 1.165) is 23.3 Å². The highest BCUT2D eigenvalue weighted by Gasteiger charge is 2.24. The molecule has 0 aliphatic rings. The van der Waals surface area contributed by atoms with Crippen LogP contribution >= 0.6 is 23.3 Å². The highest BCUT2D eigenvalue weighted by molar-refractivity contribution is 8.14. The van der Waals surface area contributed by atoms with E-state index >= 15 is 0 Å². The lowest BCUT2D eigenvalue weighted by Gasteiger charge is -2.20. The van der Waals surface area contributed by atoms with Gasteiger partial charge in [-0.25, -0.2) is 0 Å². The van der Waals surface area contributed by atoms with Crippen LogP contribution in [0.2, 0.25) is 0 Å². The Kier molecular flexibility index (Phi) is 6.70. The molecule has 0 fully saturated rings. The van der Waals surface area contributed by atoms with Crippen molar-refractivity contribution < 1.29 is 9.59 Å². The fourth-order valence-corrected chi connectivity index (χ4v) is 4.41. The topological polar surface area (TPSA) is 87.0 Å². The molecular weight excluding hydrogens is 440 g/mol. The Morgan fingerprint density at radius 3 is 2.22 bits per heavy atom. The van der Waals surface area contributed by atoms with E-state index in [1.807, 2.05) is 18.2 Å². The predicted molar refractivity (Wildman–Crippen MR) is 125 cm³/mol. The third kappa shape index (κ3) is 4.91. The Labute approximate surface area is 193 Å². The average molecular weight is 457 g/mol. The normalized spacial score (nSPS) is 10.3. The Bertz CT molecular complexity index is 1280. The van der Waals surface area contributed by atoms with E-state index in [4.69, 9.17) is 0 Å². The van der Waals surface area contributed by atoms with Gasteiger partial charge in [-0.15, -0.1) is 0 Å². The van der Waals surface area contributed by atoms with E-state index in [2.05, 4.69) is 15.4 Å². The number of rotatable bonds is 6. The van der Waals surface area contributed by atoms with Gasteiger partial charge >= 0.3 is 0 Å². The molecule has 4 rings (SSSR count). The van der Waals surface area contributed by atoms with Crippen molar-refractivity contribution in [2.24, 2.45) is 0 Å². The van der Waals surface area contributed by atoms with Gasteiger partial charge in [-0.05, 0) is 35.5 Å². The summed E-state index contributed by atoms with van der Waals surface area (Å²) in [6.45, 7) is 0.156. The SMILES string of the molecule is N#Cc1ccccc1CN(C(=O)c1ccccc1)c1nc(SC(=O)c2ccccc2)ns1. The van der Waals surface area contributed by atoms with Gasteiger partial charge in [0.2, 0.25) is 15.4 Å². The summed E-state index contributed by atoms with van der Waals surface area (Å²) in [5, 5.41) is 9.91. The maximum atomic E-state index is 13.3. The number of hydrogen-bond acceptors (Lipinski definition) is 7. The zero-order chi connectivity index (χ0) is 22.3. The minimum atomic E-state index is -0.263. The van der Waals surface area contributed by atoms with Crippen molar-refractivity contribution in [2.75, 3.05) is 4.90 Å². The summed E-state index contributed by atoms with van der Waals surface area (Å²) in [6, 6.07) is 27.0. The molecule has 0 spiro atoms. The third-order valence-electron chi connectivity index (χ3n) is 4.55. The second kappa shape index (κ2) is 10.0. The zero-order valence-corrected chi connectivity index (χ0v) is 18.3. The molecule has 0 aliphatic heterocycles. The van der Waals surface area contributed by atoms with Gasteiger partial charge in [-0.2, -0.15) is 14.6 Å². The first-order chi connectivity index (χ1) is 15.7. The number of aromatic nitrogens is 2. The monoisotopic (exact) mass is 456 g/mol. The first kappa shape index (κ1) is 21.4. The Balaban J connectivity index is 1.64. The van der Waals surface area contributed by atoms with E-state index in [1.54, 1.807) is 66.7 Å². The summed E-state index contributed by atoms with van der Waals surface area (Å²) in [7, 11) is 0. The molecular formula is C24H16N4O2S2.